The van der Waals surface area contributed by atoms with Crippen molar-refractivity contribution >= 4 is 0 Å². The Balaban J connectivity index is 3.87. The van der Waals surface area contributed by atoms with Crippen molar-refractivity contribution in [2.75, 3.05) is 0 Å². The molecule has 5 heteroatoms. The molecule has 0 spiro atoms. The summed E-state index contributed by atoms with van der Waals surface area (Å²) in [5.41, 5.74) is 4.90. The first kappa shape index (κ1) is 9.68. The van der Waals surface area contributed by atoms with E-state index in [0.717, 1.165) is 0 Å². The Hall–Kier alpha value is -0.320. The van der Waals surface area contributed by atoms with E-state index in [1.54, 1.807) is 0 Å². The number of alkyl halides is 4. The maximum Gasteiger partial charge on any atom is 0.308 e. The van der Waals surface area contributed by atoms with E-state index in [-0.39, 0.29) is 0 Å². The highest BCUT2D eigenvalue weighted by atomic mass is 19.3. The summed E-state index contributed by atoms with van der Waals surface area (Å²) in [6, 6.07) is -0.899. The van der Waals surface area contributed by atoms with E-state index in [1.165, 1.54) is 6.92 Å². The van der Waals surface area contributed by atoms with Gasteiger partial charge in [0.1, 0.15) is 0 Å². The molecular weight excluding hydrogens is 150 g/mol. The predicted octanol–water partition coefficient (Wildman–Crippen LogP) is 1.62. The zero-order valence-electron chi connectivity index (χ0n) is 5.45. The molecule has 0 aromatic rings. The van der Waals surface area contributed by atoms with Crippen LogP contribution in [-0.4, -0.2) is 18.4 Å². The summed E-state index contributed by atoms with van der Waals surface area (Å²) in [5, 5.41) is 0. The highest BCUT2D eigenvalue weighted by Gasteiger charge is 2.40. The maximum atomic E-state index is 12.0. The van der Waals surface area contributed by atoms with Gasteiger partial charge in [-0.15, -0.1) is 0 Å². The third-order valence-electron chi connectivity index (χ3n) is 0.913. The molecule has 0 heterocycles. The normalized spacial score (nSPS) is 15.9. The summed E-state index contributed by atoms with van der Waals surface area (Å²) in [5.74, 6) is -3.94. The van der Waals surface area contributed by atoms with Crippen LogP contribution in [0.25, 0.3) is 0 Å². The van der Waals surface area contributed by atoms with E-state index < -0.39 is 24.8 Å². The van der Waals surface area contributed by atoms with Crippen molar-refractivity contribution in [2.24, 2.45) is 5.73 Å². The molecule has 10 heavy (non-hydrogen) atoms. The molecule has 0 radical (unpaired) electrons. The fourth-order valence-corrected chi connectivity index (χ4v) is 0.518. The average molecular weight is 159 g/mol. The third-order valence-corrected chi connectivity index (χ3v) is 0.913. The number of rotatable bonds is 3. The molecule has 0 aromatic heterocycles. The van der Waals surface area contributed by atoms with Gasteiger partial charge in [-0.05, 0) is 6.92 Å². The first-order chi connectivity index (χ1) is 4.36. The molecule has 0 bridgehead atoms. The van der Waals surface area contributed by atoms with Gasteiger partial charge in [0, 0.05) is 12.5 Å². The lowest BCUT2D eigenvalue weighted by molar-refractivity contribution is -0.135. The van der Waals surface area contributed by atoms with Gasteiger partial charge in [0.2, 0.25) is 0 Å². The molecule has 0 aliphatic rings. The fraction of sp³-hybridized carbons (Fsp3) is 1.00. The summed E-state index contributed by atoms with van der Waals surface area (Å²) in [7, 11) is 0. The molecule has 0 amide bonds. The topological polar surface area (TPSA) is 26.0 Å². The fourth-order valence-electron chi connectivity index (χ4n) is 0.518. The van der Waals surface area contributed by atoms with Gasteiger partial charge >= 0.3 is 12.3 Å². The number of hydrogen-bond acceptors (Lipinski definition) is 1. The van der Waals surface area contributed by atoms with E-state index in [1.807, 2.05) is 0 Å². The van der Waals surface area contributed by atoms with Crippen LogP contribution < -0.4 is 5.73 Å². The molecule has 0 saturated heterocycles. The quantitative estimate of drug-likeness (QED) is 0.622. The minimum Gasteiger partial charge on any atom is -0.328 e. The van der Waals surface area contributed by atoms with Crippen LogP contribution in [0, 0.1) is 0 Å². The highest BCUT2D eigenvalue weighted by Crippen LogP contribution is 2.27. The maximum absolute atomic E-state index is 12.0. The van der Waals surface area contributed by atoms with Crippen LogP contribution in [0.1, 0.15) is 13.3 Å². The molecule has 0 aliphatic carbocycles. The Morgan fingerprint density at radius 3 is 1.90 bits per heavy atom. The van der Waals surface area contributed by atoms with Gasteiger partial charge in [-0.2, -0.15) is 0 Å². The highest BCUT2D eigenvalue weighted by molar-refractivity contribution is 4.73. The Morgan fingerprint density at radius 1 is 1.40 bits per heavy atom. The second-order valence-electron chi connectivity index (χ2n) is 2.24. The van der Waals surface area contributed by atoms with E-state index >= 15 is 0 Å². The molecule has 0 unspecified atom stereocenters. The van der Waals surface area contributed by atoms with Crippen LogP contribution in [0.5, 0.6) is 0 Å². The molecule has 0 aromatic carbocycles. The molecule has 0 fully saturated rings. The molecule has 0 aliphatic heterocycles. The molecule has 2 N–H and O–H groups in total. The third kappa shape index (κ3) is 3.00. The van der Waals surface area contributed by atoms with Gasteiger partial charge in [0.15, 0.2) is 0 Å². The standard InChI is InChI=1S/C5H9F4N/c1-3(10)2-5(8,9)4(6)7/h3-4H,2,10H2,1H3/t3-/m1/s1. The van der Waals surface area contributed by atoms with Gasteiger partial charge in [0.25, 0.3) is 0 Å². The van der Waals surface area contributed by atoms with Crippen molar-refractivity contribution in [2.45, 2.75) is 31.7 Å². The Bertz CT molecular complexity index is 102. The van der Waals surface area contributed by atoms with E-state index in [9.17, 15) is 17.6 Å². The van der Waals surface area contributed by atoms with Gasteiger partial charge in [-0.25, -0.2) is 17.6 Å². The summed E-state index contributed by atoms with van der Waals surface area (Å²) < 4.78 is 46.7. The van der Waals surface area contributed by atoms with Crippen LogP contribution >= 0.6 is 0 Å². The lowest BCUT2D eigenvalue weighted by atomic mass is 10.1. The largest absolute Gasteiger partial charge is 0.328 e. The zero-order valence-corrected chi connectivity index (χ0v) is 5.45. The molecule has 62 valence electrons. The summed E-state index contributed by atoms with van der Waals surface area (Å²) in [4.78, 5) is 0. The number of hydrogen-bond donors (Lipinski definition) is 1. The molecule has 1 nitrogen and oxygen atoms in total. The van der Waals surface area contributed by atoms with Gasteiger partial charge < -0.3 is 5.73 Å². The predicted molar refractivity (Wildman–Crippen MR) is 29.2 cm³/mol. The lowest BCUT2D eigenvalue weighted by Crippen LogP contribution is -2.33. The van der Waals surface area contributed by atoms with Crippen LogP contribution in [0.4, 0.5) is 17.6 Å². The van der Waals surface area contributed by atoms with Crippen molar-refractivity contribution in [1.29, 1.82) is 0 Å². The van der Waals surface area contributed by atoms with Crippen molar-refractivity contribution in [1.82, 2.24) is 0 Å². The average Bonchev–Trinajstić information content (AvgIpc) is 1.60. The molecule has 0 saturated carbocycles. The van der Waals surface area contributed by atoms with Crippen LogP contribution in [-0.2, 0) is 0 Å². The van der Waals surface area contributed by atoms with Crippen molar-refractivity contribution < 1.29 is 17.6 Å². The SMILES string of the molecule is C[C@@H](N)CC(F)(F)C(F)F. The summed E-state index contributed by atoms with van der Waals surface area (Å²) in [6.07, 6.45) is -4.58. The van der Waals surface area contributed by atoms with Gasteiger partial charge in [-0.1, -0.05) is 0 Å². The molecule has 1 atom stereocenters. The van der Waals surface area contributed by atoms with Crippen molar-refractivity contribution in [3.63, 3.8) is 0 Å². The zero-order chi connectivity index (χ0) is 8.36. The lowest BCUT2D eigenvalue weighted by Gasteiger charge is -2.16. The van der Waals surface area contributed by atoms with Crippen LogP contribution in [0.3, 0.4) is 0 Å². The van der Waals surface area contributed by atoms with Crippen molar-refractivity contribution in [3.8, 4) is 0 Å². The summed E-state index contributed by atoms with van der Waals surface area (Å²) >= 11 is 0. The molecular formula is C5H9F4N. The van der Waals surface area contributed by atoms with Crippen LogP contribution in [0.2, 0.25) is 0 Å². The van der Waals surface area contributed by atoms with Crippen molar-refractivity contribution in [3.05, 3.63) is 0 Å². The Kier molecular flexibility index (Phi) is 3.08. The van der Waals surface area contributed by atoms with Crippen LogP contribution in [0.15, 0.2) is 0 Å². The van der Waals surface area contributed by atoms with E-state index in [0.29, 0.717) is 0 Å². The Morgan fingerprint density at radius 2 is 1.80 bits per heavy atom. The Labute approximate surface area is 56.2 Å². The first-order valence-corrected chi connectivity index (χ1v) is 2.78. The minimum absolute atomic E-state index is 0.899. The first-order valence-electron chi connectivity index (χ1n) is 2.78. The second kappa shape index (κ2) is 3.18. The summed E-state index contributed by atoms with van der Waals surface area (Å²) in [6.45, 7) is 1.26. The second-order valence-corrected chi connectivity index (χ2v) is 2.24. The van der Waals surface area contributed by atoms with Gasteiger partial charge in [0.05, 0.1) is 0 Å². The molecule has 0 rings (SSSR count). The monoisotopic (exact) mass is 159 g/mol. The van der Waals surface area contributed by atoms with E-state index in [4.69, 9.17) is 5.73 Å². The van der Waals surface area contributed by atoms with E-state index in [2.05, 4.69) is 0 Å². The van der Waals surface area contributed by atoms with Gasteiger partial charge in [-0.3, -0.25) is 0 Å². The number of halogens is 4. The number of nitrogens with two attached hydrogens (primary N) is 1. The minimum atomic E-state index is -3.94. The smallest absolute Gasteiger partial charge is 0.308 e.